The van der Waals surface area contributed by atoms with Crippen molar-refractivity contribution in [1.29, 1.82) is 0 Å². The molecule has 3 aromatic rings. The molecule has 0 N–H and O–H groups in total. The van der Waals surface area contributed by atoms with Gasteiger partial charge in [0.2, 0.25) is 5.16 Å². The second-order valence-corrected chi connectivity index (χ2v) is 9.09. The number of hydrogen-bond acceptors (Lipinski definition) is 6. The van der Waals surface area contributed by atoms with Crippen LogP contribution in [0.25, 0.3) is 0 Å². The first kappa shape index (κ1) is 24.3. The molecule has 0 saturated heterocycles. The number of aryl methyl sites for hydroxylation is 1. The molecular weight excluding hydrogens is 488 g/mol. The topological polar surface area (TPSA) is 61.5 Å². The van der Waals surface area contributed by atoms with Crippen molar-refractivity contribution in [2.75, 3.05) is 13.7 Å². The molecule has 2 aromatic carbocycles. The number of methoxy groups -OCH3 is 1. The van der Waals surface area contributed by atoms with Crippen molar-refractivity contribution >= 4 is 33.9 Å². The van der Waals surface area contributed by atoms with E-state index in [1.54, 1.807) is 18.9 Å². The summed E-state index contributed by atoms with van der Waals surface area (Å²) in [5.74, 6) is 3.10. The molecule has 0 saturated carbocycles. The average molecular weight is 517 g/mol. The number of hydrogen-bond donors (Lipinski definition) is 0. The summed E-state index contributed by atoms with van der Waals surface area (Å²) in [7, 11) is 1.65. The quantitative estimate of drug-likeness (QED) is 0.159. The number of unbranched alkanes of at least 4 members (excludes halogenated alkanes) is 1. The number of thioether (sulfide) groups is 1. The molecule has 0 aliphatic heterocycles. The fourth-order valence-corrected chi connectivity index (χ4v) is 4.07. The van der Waals surface area contributed by atoms with Crippen molar-refractivity contribution in [3.8, 4) is 11.5 Å². The number of benzene rings is 2. The fourth-order valence-electron chi connectivity index (χ4n) is 2.94. The highest BCUT2D eigenvalue weighted by atomic mass is 79.9. The van der Waals surface area contributed by atoms with Gasteiger partial charge in [0, 0.05) is 16.6 Å². The molecule has 0 atom stereocenters. The number of nitrogens with zero attached hydrogens (tertiary/aromatic N) is 4. The second-order valence-electron chi connectivity index (χ2n) is 7.23. The Balaban J connectivity index is 1.77. The van der Waals surface area contributed by atoms with Gasteiger partial charge in [0.1, 0.15) is 0 Å². The molecule has 0 fully saturated rings. The summed E-state index contributed by atoms with van der Waals surface area (Å²) in [4.78, 5) is 0. The van der Waals surface area contributed by atoms with Crippen LogP contribution in [0.3, 0.4) is 0 Å². The summed E-state index contributed by atoms with van der Waals surface area (Å²) in [5, 5.41) is 14.2. The van der Waals surface area contributed by atoms with E-state index in [1.807, 2.05) is 41.2 Å². The molecule has 0 radical (unpaired) electrons. The highest BCUT2D eigenvalue weighted by Gasteiger charge is 2.12. The maximum absolute atomic E-state index is 5.82. The van der Waals surface area contributed by atoms with Crippen LogP contribution < -0.4 is 9.47 Å². The van der Waals surface area contributed by atoms with Crippen LogP contribution >= 0.6 is 27.7 Å². The predicted molar refractivity (Wildman–Crippen MR) is 134 cm³/mol. The van der Waals surface area contributed by atoms with Crippen molar-refractivity contribution in [1.82, 2.24) is 14.9 Å². The standard InChI is InChI=1S/C24H29BrN4O2S/c1-4-6-14-31-21-13-10-19(15-22(21)30-3)16-26-29-23(7-5-2)27-28-24(29)32-17-18-8-11-20(25)12-9-18/h8-13,15-16H,4-7,14,17H2,1-3H3/b26-16-. The molecular formula is C24H29BrN4O2S. The predicted octanol–water partition coefficient (Wildman–Crippen LogP) is 6.36. The van der Waals surface area contributed by atoms with Crippen LogP contribution in [0, 0.1) is 0 Å². The molecule has 8 heteroatoms. The largest absolute Gasteiger partial charge is 0.493 e. The maximum atomic E-state index is 5.82. The Bertz CT molecular complexity index is 1020. The first-order chi connectivity index (χ1) is 15.6. The van der Waals surface area contributed by atoms with Gasteiger partial charge >= 0.3 is 0 Å². The van der Waals surface area contributed by atoms with Crippen LogP contribution in [0.2, 0.25) is 0 Å². The fraction of sp³-hybridized carbons (Fsp3) is 0.375. The lowest BCUT2D eigenvalue weighted by atomic mass is 10.2. The molecule has 0 amide bonds. The molecule has 6 nitrogen and oxygen atoms in total. The van der Waals surface area contributed by atoms with Crippen LogP contribution in [-0.4, -0.2) is 34.8 Å². The molecule has 3 rings (SSSR count). The van der Waals surface area contributed by atoms with Crippen LogP contribution in [-0.2, 0) is 12.2 Å². The van der Waals surface area contributed by atoms with Crippen LogP contribution in [0.5, 0.6) is 11.5 Å². The highest BCUT2D eigenvalue weighted by Crippen LogP contribution is 2.28. The smallest absolute Gasteiger partial charge is 0.212 e. The first-order valence-electron chi connectivity index (χ1n) is 10.8. The van der Waals surface area contributed by atoms with Gasteiger partial charge in [-0.2, -0.15) is 9.78 Å². The molecule has 1 aromatic heterocycles. The van der Waals surface area contributed by atoms with Gasteiger partial charge < -0.3 is 9.47 Å². The van der Waals surface area contributed by atoms with Gasteiger partial charge in [-0.1, -0.05) is 60.1 Å². The van der Waals surface area contributed by atoms with E-state index in [9.17, 15) is 0 Å². The molecule has 32 heavy (non-hydrogen) atoms. The maximum Gasteiger partial charge on any atom is 0.212 e. The lowest BCUT2D eigenvalue weighted by molar-refractivity contribution is 0.288. The zero-order chi connectivity index (χ0) is 22.8. The summed E-state index contributed by atoms with van der Waals surface area (Å²) < 4.78 is 14.2. The Morgan fingerprint density at radius 1 is 1.06 bits per heavy atom. The second kappa shape index (κ2) is 12.6. The van der Waals surface area contributed by atoms with E-state index >= 15 is 0 Å². The zero-order valence-corrected chi connectivity index (χ0v) is 21.2. The Labute approximate surface area is 202 Å². The van der Waals surface area contributed by atoms with Crippen LogP contribution in [0.4, 0.5) is 0 Å². The Hall–Kier alpha value is -2.32. The molecule has 0 spiro atoms. The van der Waals surface area contributed by atoms with Crippen molar-refractivity contribution < 1.29 is 9.47 Å². The summed E-state index contributed by atoms with van der Waals surface area (Å²) in [6.45, 7) is 4.95. The molecule has 0 aliphatic carbocycles. The average Bonchev–Trinajstić information content (AvgIpc) is 3.19. The van der Waals surface area contributed by atoms with Gasteiger partial charge in [-0.3, -0.25) is 0 Å². The normalized spacial score (nSPS) is 11.2. The van der Waals surface area contributed by atoms with Crippen LogP contribution in [0.15, 0.2) is 57.2 Å². The van der Waals surface area contributed by atoms with E-state index in [0.29, 0.717) is 12.4 Å². The monoisotopic (exact) mass is 516 g/mol. The first-order valence-corrected chi connectivity index (χ1v) is 12.6. The van der Waals surface area contributed by atoms with E-state index in [1.165, 1.54) is 5.56 Å². The highest BCUT2D eigenvalue weighted by molar-refractivity contribution is 9.10. The minimum Gasteiger partial charge on any atom is -0.493 e. The van der Waals surface area contributed by atoms with E-state index in [0.717, 1.165) is 58.2 Å². The van der Waals surface area contributed by atoms with E-state index in [-0.39, 0.29) is 0 Å². The van der Waals surface area contributed by atoms with Gasteiger partial charge in [-0.15, -0.1) is 10.2 Å². The summed E-state index contributed by atoms with van der Waals surface area (Å²) in [6, 6.07) is 14.1. The van der Waals surface area contributed by atoms with E-state index in [2.05, 4.69) is 52.1 Å². The van der Waals surface area contributed by atoms with Crippen molar-refractivity contribution in [2.24, 2.45) is 5.10 Å². The van der Waals surface area contributed by atoms with Crippen molar-refractivity contribution in [2.45, 2.75) is 50.4 Å². The molecule has 0 unspecified atom stereocenters. The third kappa shape index (κ3) is 6.84. The van der Waals surface area contributed by atoms with Gasteiger partial charge in [0.25, 0.3) is 0 Å². The zero-order valence-electron chi connectivity index (χ0n) is 18.8. The SMILES string of the molecule is CCCCOc1ccc(/C=N\n2c(CCC)nnc2SCc2ccc(Br)cc2)cc1OC. The molecule has 0 aliphatic rings. The Morgan fingerprint density at radius 2 is 1.88 bits per heavy atom. The van der Waals surface area contributed by atoms with Crippen LogP contribution in [0.1, 0.15) is 50.1 Å². The van der Waals surface area contributed by atoms with E-state index < -0.39 is 0 Å². The third-order valence-electron chi connectivity index (χ3n) is 4.70. The summed E-state index contributed by atoms with van der Waals surface area (Å²) in [6.07, 6.45) is 5.71. The van der Waals surface area contributed by atoms with E-state index in [4.69, 9.17) is 14.6 Å². The number of ether oxygens (including phenoxy) is 2. The minimum absolute atomic E-state index is 0.681. The van der Waals surface area contributed by atoms with Crippen molar-refractivity contribution in [3.63, 3.8) is 0 Å². The lowest BCUT2D eigenvalue weighted by Gasteiger charge is -2.11. The Kier molecular flexibility index (Phi) is 9.62. The van der Waals surface area contributed by atoms with Gasteiger partial charge in [0.05, 0.1) is 19.9 Å². The van der Waals surface area contributed by atoms with Gasteiger partial charge in [-0.25, -0.2) is 0 Å². The lowest BCUT2D eigenvalue weighted by Crippen LogP contribution is -2.01. The molecule has 1 heterocycles. The summed E-state index contributed by atoms with van der Waals surface area (Å²) >= 11 is 5.10. The Morgan fingerprint density at radius 3 is 2.59 bits per heavy atom. The summed E-state index contributed by atoms with van der Waals surface area (Å²) in [5.41, 5.74) is 2.14. The number of halogens is 1. The third-order valence-corrected chi connectivity index (χ3v) is 6.22. The number of rotatable bonds is 12. The number of aromatic nitrogens is 3. The molecule has 170 valence electrons. The van der Waals surface area contributed by atoms with Crippen molar-refractivity contribution in [3.05, 3.63) is 63.9 Å². The minimum atomic E-state index is 0.681. The van der Waals surface area contributed by atoms with Gasteiger partial charge in [0.15, 0.2) is 17.3 Å². The molecule has 0 bridgehead atoms. The van der Waals surface area contributed by atoms with Gasteiger partial charge in [-0.05, 0) is 54.3 Å².